The average molecular weight is 564 g/mol. The molecule has 0 radical (unpaired) electrons. The lowest BCUT2D eigenvalue weighted by molar-refractivity contribution is -0.384. The van der Waals surface area contributed by atoms with Crippen LogP contribution < -0.4 is 14.9 Å². The molecule has 11 heteroatoms. The van der Waals surface area contributed by atoms with Crippen LogP contribution in [0.4, 0.5) is 5.69 Å². The summed E-state index contributed by atoms with van der Waals surface area (Å²) in [5.41, 5.74) is 2.05. The molecule has 0 saturated heterocycles. The molecule has 3 heterocycles. The Morgan fingerprint density at radius 2 is 1.95 bits per heavy atom. The van der Waals surface area contributed by atoms with E-state index in [1.165, 1.54) is 10.6 Å². The number of aromatic nitrogens is 1. The summed E-state index contributed by atoms with van der Waals surface area (Å²) < 4.78 is 13.0. The molecule has 4 aromatic rings. The number of ether oxygens (including phenoxy) is 1. The zero-order valence-electron chi connectivity index (χ0n) is 21.1. The second kappa shape index (κ2) is 10.5. The molecule has 39 heavy (non-hydrogen) atoms. The number of hydrogen-bond donors (Lipinski definition) is 0. The van der Waals surface area contributed by atoms with Gasteiger partial charge in [-0.15, -0.1) is 0 Å². The lowest BCUT2D eigenvalue weighted by Crippen LogP contribution is -2.39. The van der Waals surface area contributed by atoms with Gasteiger partial charge in [-0.25, -0.2) is 9.79 Å². The first-order chi connectivity index (χ1) is 18.7. The fourth-order valence-electron chi connectivity index (χ4n) is 4.46. The number of halogens is 1. The highest BCUT2D eigenvalue weighted by Gasteiger charge is 2.33. The minimum absolute atomic E-state index is 0.0693. The molecule has 1 aliphatic rings. The molecule has 1 aliphatic heterocycles. The highest BCUT2D eigenvalue weighted by Crippen LogP contribution is 2.33. The molecular weight excluding hydrogens is 542 g/mol. The van der Waals surface area contributed by atoms with Crippen LogP contribution >= 0.6 is 22.9 Å². The molecule has 5 rings (SSSR count). The number of carbonyl (C=O) groups is 1. The van der Waals surface area contributed by atoms with Crippen LogP contribution in [0.1, 0.15) is 36.8 Å². The van der Waals surface area contributed by atoms with E-state index in [1.54, 1.807) is 75.4 Å². The summed E-state index contributed by atoms with van der Waals surface area (Å²) in [6.45, 7) is 5.37. The Balaban J connectivity index is 1.63. The molecule has 0 amide bonds. The zero-order chi connectivity index (χ0) is 27.8. The molecule has 2 aromatic carbocycles. The van der Waals surface area contributed by atoms with Crippen LogP contribution in [-0.4, -0.2) is 22.1 Å². The average Bonchev–Trinajstić information content (AvgIpc) is 3.48. The lowest BCUT2D eigenvalue weighted by atomic mass is 9.96. The number of allylic oxidation sites excluding steroid dienone is 1. The summed E-state index contributed by atoms with van der Waals surface area (Å²) >= 11 is 7.25. The predicted octanol–water partition coefficient (Wildman–Crippen LogP) is 4.93. The summed E-state index contributed by atoms with van der Waals surface area (Å²) in [7, 11) is 0. The number of aryl methyl sites for hydroxylation is 1. The highest BCUT2D eigenvalue weighted by molar-refractivity contribution is 7.07. The summed E-state index contributed by atoms with van der Waals surface area (Å²) in [6, 6.07) is 14.3. The molecule has 0 bridgehead atoms. The number of rotatable bonds is 6. The van der Waals surface area contributed by atoms with Gasteiger partial charge in [0.15, 0.2) is 4.80 Å². The third-order valence-corrected chi connectivity index (χ3v) is 7.45. The van der Waals surface area contributed by atoms with Crippen LogP contribution in [0.25, 0.3) is 17.4 Å². The van der Waals surface area contributed by atoms with Gasteiger partial charge < -0.3 is 9.15 Å². The zero-order valence-corrected chi connectivity index (χ0v) is 22.7. The fraction of sp³-hybridized carbons (Fsp3) is 0.179. The number of thiazole rings is 1. The van der Waals surface area contributed by atoms with Gasteiger partial charge >= 0.3 is 5.97 Å². The molecule has 2 aromatic heterocycles. The summed E-state index contributed by atoms with van der Waals surface area (Å²) in [5, 5.41) is 12.1. The van der Waals surface area contributed by atoms with Crippen LogP contribution in [0.3, 0.4) is 0 Å². The van der Waals surface area contributed by atoms with Gasteiger partial charge in [0.25, 0.3) is 11.2 Å². The predicted molar refractivity (Wildman–Crippen MR) is 147 cm³/mol. The standard InChI is InChI=1S/C28H22ClN3O6S/c1-4-37-27(34)24-16(3)30-28-31(25(24)17-6-8-18(29)9-7-17)26(33)23(39-28)14-19-10-12-22(38-19)20-11-5-15(2)13-21(20)32(35)36/h5-14,25H,4H2,1-3H3/b23-14-/t25-/m1/s1. The van der Waals surface area contributed by atoms with E-state index in [-0.39, 0.29) is 23.4 Å². The molecule has 0 spiro atoms. The monoisotopic (exact) mass is 563 g/mol. The summed E-state index contributed by atoms with van der Waals surface area (Å²) in [4.78, 5) is 42.7. The van der Waals surface area contributed by atoms with Crippen LogP contribution in [0.2, 0.25) is 5.02 Å². The van der Waals surface area contributed by atoms with Crippen molar-refractivity contribution in [3.8, 4) is 11.3 Å². The Labute approximate surface area is 231 Å². The molecule has 1 atom stereocenters. The van der Waals surface area contributed by atoms with Gasteiger partial charge in [-0.05, 0) is 62.2 Å². The van der Waals surface area contributed by atoms with Gasteiger partial charge in [-0.3, -0.25) is 19.5 Å². The smallest absolute Gasteiger partial charge is 0.338 e. The minimum Gasteiger partial charge on any atom is -0.463 e. The molecule has 0 aliphatic carbocycles. The largest absolute Gasteiger partial charge is 0.463 e. The van der Waals surface area contributed by atoms with Gasteiger partial charge in [0.05, 0.1) is 38.9 Å². The Morgan fingerprint density at radius 3 is 2.64 bits per heavy atom. The number of esters is 1. The summed E-state index contributed by atoms with van der Waals surface area (Å²) in [6.07, 6.45) is 1.57. The number of nitrogens with zero attached hydrogens (tertiary/aromatic N) is 3. The Bertz CT molecular complexity index is 1830. The first-order valence-corrected chi connectivity index (χ1v) is 13.2. The van der Waals surface area contributed by atoms with Gasteiger partial charge in [0, 0.05) is 17.2 Å². The number of furan rings is 1. The van der Waals surface area contributed by atoms with E-state index >= 15 is 0 Å². The van der Waals surface area contributed by atoms with Crippen molar-refractivity contribution in [3.05, 3.63) is 118 Å². The first-order valence-electron chi connectivity index (χ1n) is 12.0. The van der Waals surface area contributed by atoms with Gasteiger partial charge in [0.1, 0.15) is 11.5 Å². The van der Waals surface area contributed by atoms with E-state index in [0.717, 1.165) is 16.9 Å². The van der Waals surface area contributed by atoms with Crippen molar-refractivity contribution in [1.82, 2.24) is 4.57 Å². The Kier molecular flexibility index (Phi) is 7.07. The second-order valence-electron chi connectivity index (χ2n) is 8.83. The van der Waals surface area contributed by atoms with E-state index in [0.29, 0.717) is 42.7 Å². The minimum atomic E-state index is -0.762. The Morgan fingerprint density at radius 1 is 1.21 bits per heavy atom. The molecule has 0 fully saturated rings. The number of carbonyl (C=O) groups excluding carboxylic acids is 1. The molecular formula is C28H22ClN3O6S. The first kappa shape index (κ1) is 26.3. The van der Waals surface area contributed by atoms with E-state index in [1.807, 2.05) is 0 Å². The van der Waals surface area contributed by atoms with Crippen molar-refractivity contribution < 1.29 is 18.9 Å². The van der Waals surface area contributed by atoms with Crippen LogP contribution in [0.5, 0.6) is 0 Å². The molecule has 0 saturated carbocycles. The topological polar surface area (TPSA) is 117 Å². The summed E-state index contributed by atoms with van der Waals surface area (Å²) in [5.74, 6) is 0.0954. The third kappa shape index (κ3) is 4.96. The number of fused-ring (bicyclic) bond motifs is 1. The van der Waals surface area contributed by atoms with Crippen molar-refractivity contribution in [2.24, 2.45) is 4.99 Å². The van der Waals surface area contributed by atoms with Crippen molar-refractivity contribution in [2.75, 3.05) is 6.61 Å². The maximum Gasteiger partial charge on any atom is 0.338 e. The van der Waals surface area contributed by atoms with Crippen molar-refractivity contribution in [2.45, 2.75) is 26.8 Å². The number of nitro benzene ring substituents is 1. The number of hydrogen-bond acceptors (Lipinski definition) is 8. The molecule has 0 unspecified atom stereocenters. The van der Waals surface area contributed by atoms with Crippen LogP contribution in [-0.2, 0) is 9.53 Å². The van der Waals surface area contributed by atoms with Gasteiger partial charge in [-0.1, -0.05) is 41.1 Å². The third-order valence-electron chi connectivity index (χ3n) is 6.22. The molecule has 9 nitrogen and oxygen atoms in total. The maximum absolute atomic E-state index is 13.7. The normalized spacial score (nSPS) is 15.2. The second-order valence-corrected chi connectivity index (χ2v) is 10.3. The van der Waals surface area contributed by atoms with Crippen molar-refractivity contribution in [1.29, 1.82) is 0 Å². The van der Waals surface area contributed by atoms with Crippen LogP contribution in [0, 0.1) is 17.0 Å². The van der Waals surface area contributed by atoms with Crippen molar-refractivity contribution in [3.63, 3.8) is 0 Å². The van der Waals surface area contributed by atoms with E-state index < -0.39 is 16.9 Å². The van der Waals surface area contributed by atoms with Crippen molar-refractivity contribution >= 4 is 40.7 Å². The fourth-order valence-corrected chi connectivity index (χ4v) is 5.61. The molecule has 198 valence electrons. The van der Waals surface area contributed by atoms with Gasteiger partial charge in [-0.2, -0.15) is 0 Å². The lowest BCUT2D eigenvalue weighted by Gasteiger charge is -2.24. The van der Waals surface area contributed by atoms with E-state index in [4.69, 9.17) is 20.8 Å². The SMILES string of the molecule is CCOC(=O)C1=C(C)N=c2s/c(=C\c3ccc(-c4ccc(C)cc4[N+](=O)[O-])o3)c(=O)n2[C@@H]1c1ccc(Cl)cc1. The highest BCUT2D eigenvalue weighted by atomic mass is 35.5. The van der Waals surface area contributed by atoms with E-state index in [9.17, 15) is 19.7 Å². The van der Waals surface area contributed by atoms with E-state index in [2.05, 4.69) is 4.99 Å². The Hall–Kier alpha value is -4.28. The number of nitro groups is 1. The maximum atomic E-state index is 13.7. The molecule has 0 N–H and O–H groups in total. The van der Waals surface area contributed by atoms with Crippen LogP contribution in [0.15, 0.2) is 80.1 Å². The number of benzene rings is 2. The van der Waals surface area contributed by atoms with Gasteiger partial charge in [0.2, 0.25) is 0 Å². The quantitative estimate of drug-likeness (QED) is 0.186.